The maximum atomic E-state index is 13.7. The largest absolute Gasteiger partial charge is 0.329 e. The van der Waals surface area contributed by atoms with Gasteiger partial charge in [0.25, 0.3) is 5.91 Å². The number of amides is 2. The van der Waals surface area contributed by atoms with Gasteiger partial charge in [-0.25, -0.2) is 0 Å². The monoisotopic (exact) mass is 410 g/mol. The van der Waals surface area contributed by atoms with Crippen LogP contribution in [0.5, 0.6) is 0 Å². The molecule has 1 atom stereocenters. The third-order valence-electron chi connectivity index (χ3n) is 7.00. The minimum Gasteiger partial charge on any atom is -0.329 e. The maximum Gasteiger partial charge on any atom is 0.254 e. The molecule has 1 aliphatic heterocycles. The van der Waals surface area contributed by atoms with Gasteiger partial charge in [0, 0.05) is 11.6 Å². The Hall–Kier alpha value is -2.28. The highest BCUT2D eigenvalue weighted by atomic mass is 32.1. The molecule has 7 heteroatoms. The highest BCUT2D eigenvalue weighted by Crippen LogP contribution is 2.51. The average molecular weight is 411 g/mol. The van der Waals surface area contributed by atoms with Gasteiger partial charge < -0.3 is 4.90 Å². The van der Waals surface area contributed by atoms with E-state index in [9.17, 15) is 9.59 Å². The van der Waals surface area contributed by atoms with Gasteiger partial charge in [0.1, 0.15) is 5.51 Å². The second-order valence-electron chi connectivity index (χ2n) is 8.53. The lowest BCUT2D eigenvalue weighted by molar-refractivity contribution is -0.123. The van der Waals surface area contributed by atoms with E-state index in [2.05, 4.69) is 20.4 Å². The van der Waals surface area contributed by atoms with Crippen LogP contribution in [0, 0.1) is 0 Å². The fourth-order valence-electron chi connectivity index (χ4n) is 5.88. The molecule has 1 N–H and O–H groups in total. The lowest BCUT2D eigenvalue weighted by Gasteiger charge is -2.55. The third-order valence-corrected chi connectivity index (χ3v) is 7.61. The van der Waals surface area contributed by atoms with Crippen molar-refractivity contribution in [3.8, 4) is 0 Å². The number of carbonyl (C=O) groups excluding carboxylic acids is 2. The summed E-state index contributed by atoms with van der Waals surface area (Å²) in [6.07, 6.45) is 9.46. The summed E-state index contributed by atoms with van der Waals surface area (Å²) in [4.78, 5) is 29.6. The molecule has 5 rings (SSSR count). The number of carbonyl (C=O) groups is 2. The second kappa shape index (κ2) is 7.52. The Morgan fingerprint density at radius 1 is 1.10 bits per heavy atom. The van der Waals surface area contributed by atoms with Gasteiger partial charge >= 0.3 is 0 Å². The van der Waals surface area contributed by atoms with Crippen molar-refractivity contribution in [1.29, 1.82) is 0 Å². The van der Waals surface area contributed by atoms with Gasteiger partial charge in [-0.15, -0.1) is 10.2 Å². The molecule has 3 aliphatic rings. The molecule has 0 saturated heterocycles. The summed E-state index contributed by atoms with van der Waals surface area (Å²) in [5, 5.41) is 11.4. The molecule has 29 heavy (non-hydrogen) atoms. The van der Waals surface area contributed by atoms with Gasteiger partial charge in [-0.2, -0.15) is 0 Å². The van der Waals surface area contributed by atoms with Gasteiger partial charge in [0.15, 0.2) is 0 Å². The van der Waals surface area contributed by atoms with Crippen LogP contribution in [0.4, 0.5) is 5.13 Å². The Bertz CT molecular complexity index is 901. The fourth-order valence-corrected chi connectivity index (χ4v) is 6.33. The van der Waals surface area contributed by atoms with Gasteiger partial charge in [-0.1, -0.05) is 61.6 Å². The molecular weight excluding hydrogens is 384 g/mol. The van der Waals surface area contributed by atoms with Crippen LogP contribution >= 0.6 is 11.3 Å². The van der Waals surface area contributed by atoms with Crippen molar-refractivity contribution in [3.05, 3.63) is 40.9 Å². The molecular formula is C22H26N4O2S. The third kappa shape index (κ3) is 3.06. The van der Waals surface area contributed by atoms with Crippen LogP contribution in [0.25, 0.3) is 0 Å². The first kappa shape index (κ1) is 18.7. The number of hydrogen-bond acceptors (Lipinski definition) is 5. The highest BCUT2D eigenvalue weighted by Gasteiger charge is 2.56. The molecule has 2 saturated carbocycles. The molecule has 152 valence electrons. The van der Waals surface area contributed by atoms with Crippen LogP contribution < -0.4 is 5.32 Å². The molecule has 1 aromatic carbocycles. The Kier molecular flexibility index (Phi) is 4.86. The second-order valence-corrected chi connectivity index (χ2v) is 9.36. The van der Waals surface area contributed by atoms with E-state index in [0.717, 1.165) is 56.9 Å². The van der Waals surface area contributed by atoms with Crippen LogP contribution in [0.15, 0.2) is 29.8 Å². The molecule has 0 unspecified atom stereocenters. The minimum atomic E-state index is -0.437. The van der Waals surface area contributed by atoms with E-state index >= 15 is 0 Å². The van der Waals surface area contributed by atoms with Crippen molar-refractivity contribution in [2.24, 2.45) is 0 Å². The number of aromatic nitrogens is 2. The number of nitrogens with one attached hydrogen (secondary N) is 1. The van der Waals surface area contributed by atoms with Crippen LogP contribution in [-0.4, -0.2) is 38.5 Å². The van der Waals surface area contributed by atoms with Crippen LogP contribution in [0.2, 0.25) is 0 Å². The Labute approximate surface area is 174 Å². The standard InChI is InChI=1S/C22H26N4O2S/c27-19(24-21-25-23-14-29-21)18-16-10-4-5-11-17(16)20(28)26(15-8-2-3-9-15)22(18)12-6-1-7-13-22/h4-5,10-11,14-15,18H,1-3,6-9,12-13H2,(H,24,25,27)/t18-/m1/s1. The molecule has 1 aromatic heterocycles. The first-order chi connectivity index (χ1) is 14.2. The number of hydrogen-bond donors (Lipinski definition) is 1. The van der Waals surface area contributed by atoms with E-state index in [1.165, 1.54) is 17.8 Å². The summed E-state index contributed by atoms with van der Waals surface area (Å²) >= 11 is 1.32. The van der Waals surface area contributed by atoms with Crippen molar-refractivity contribution in [1.82, 2.24) is 15.1 Å². The quantitative estimate of drug-likeness (QED) is 0.816. The Morgan fingerprint density at radius 2 is 1.86 bits per heavy atom. The van der Waals surface area contributed by atoms with E-state index < -0.39 is 5.54 Å². The zero-order chi connectivity index (χ0) is 19.8. The summed E-state index contributed by atoms with van der Waals surface area (Å²) in [7, 11) is 0. The normalized spacial score (nSPS) is 23.9. The van der Waals surface area contributed by atoms with Crippen LogP contribution in [-0.2, 0) is 4.79 Å². The van der Waals surface area contributed by atoms with Gasteiger partial charge in [-0.05, 0) is 37.3 Å². The summed E-state index contributed by atoms with van der Waals surface area (Å²) < 4.78 is 0. The summed E-state index contributed by atoms with van der Waals surface area (Å²) in [6.45, 7) is 0. The zero-order valence-corrected chi connectivity index (χ0v) is 17.3. The summed E-state index contributed by atoms with van der Waals surface area (Å²) in [5.41, 5.74) is 2.74. The molecule has 2 aromatic rings. The number of nitrogens with zero attached hydrogens (tertiary/aromatic N) is 3. The first-order valence-corrected chi connectivity index (χ1v) is 11.6. The van der Waals surface area contributed by atoms with E-state index in [1.807, 2.05) is 24.3 Å². The first-order valence-electron chi connectivity index (χ1n) is 10.7. The molecule has 0 bridgehead atoms. The lowest BCUT2D eigenvalue weighted by atomic mass is 9.64. The minimum absolute atomic E-state index is 0.0633. The number of benzene rings is 1. The van der Waals surface area contributed by atoms with Crippen molar-refractivity contribution >= 4 is 28.3 Å². The summed E-state index contributed by atoms with van der Waals surface area (Å²) in [6, 6.07) is 7.95. The molecule has 2 amide bonds. The molecule has 6 nitrogen and oxygen atoms in total. The fraction of sp³-hybridized carbons (Fsp3) is 0.545. The van der Waals surface area contributed by atoms with E-state index in [1.54, 1.807) is 5.51 Å². The number of rotatable bonds is 3. The highest BCUT2D eigenvalue weighted by molar-refractivity contribution is 7.13. The molecule has 2 aliphatic carbocycles. The predicted octanol–water partition coefficient (Wildman–Crippen LogP) is 4.36. The molecule has 1 spiro atoms. The lowest BCUT2D eigenvalue weighted by Crippen LogP contribution is -2.64. The Balaban J connectivity index is 1.64. The van der Waals surface area contributed by atoms with Crippen LogP contribution in [0.3, 0.4) is 0 Å². The molecule has 2 fully saturated rings. The van der Waals surface area contributed by atoms with Gasteiger partial charge in [0.05, 0.1) is 11.5 Å². The van der Waals surface area contributed by atoms with Crippen LogP contribution in [0.1, 0.15) is 79.6 Å². The number of fused-ring (bicyclic) bond motifs is 1. The van der Waals surface area contributed by atoms with Crippen molar-refractivity contribution in [3.63, 3.8) is 0 Å². The molecule has 2 heterocycles. The summed E-state index contributed by atoms with van der Waals surface area (Å²) in [5.74, 6) is -0.317. The van der Waals surface area contributed by atoms with Crippen molar-refractivity contribution < 1.29 is 9.59 Å². The zero-order valence-electron chi connectivity index (χ0n) is 16.5. The molecule has 0 radical (unpaired) electrons. The van der Waals surface area contributed by atoms with Gasteiger partial charge in [-0.3, -0.25) is 14.9 Å². The maximum absolute atomic E-state index is 13.7. The average Bonchev–Trinajstić information content (AvgIpc) is 3.43. The van der Waals surface area contributed by atoms with E-state index in [4.69, 9.17) is 0 Å². The van der Waals surface area contributed by atoms with E-state index in [-0.39, 0.29) is 23.8 Å². The number of anilines is 1. The topological polar surface area (TPSA) is 75.2 Å². The van der Waals surface area contributed by atoms with Crippen molar-refractivity contribution in [2.45, 2.75) is 75.3 Å². The smallest absolute Gasteiger partial charge is 0.254 e. The van der Waals surface area contributed by atoms with Crippen molar-refractivity contribution in [2.75, 3.05) is 5.32 Å². The van der Waals surface area contributed by atoms with E-state index in [0.29, 0.717) is 10.7 Å². The van der Waals surface area contributed by atoms with Gasteiger partial charge in [0.2, 0.25) is 11.0 Å². The predicted molar refractivity (Wildman–Crippen MR) is 112 cm³/mol. The SMILES string of the molecule is O=C(Nc1nncs1)[C@H]1c2ccccc2C(=O)N(C2CCCC2)C12CCCCC2. The Morgan fingerprint density at radius 3 is 2.59 bits per heavy atom.